The maximum atomic E-state index is 12.5. The van der Waals surface area contributed by atoms with E-state index < -0.39 is 10.0 Å². The first-order valence-electron chi connectivity index (χ1n) is 6.67. The molecule has 0 saturated heterocycles. The highest BCUT2D eigenvalue weighted by Crippen LogP contribution is 2.24. The highest BCUT2D eigenvalue weighted by molar-refractivity contribution is 7.89. The zero-order valence-corrected chi connectivity index (χ0v) is 13.4. The minimum Gasteiger partial charge on any atom is -0.396 e. The number of aryl methyl sites for hydroxylation is 1. The molecule has 6 nitrogen and oxygen atoms in total. The average molecular weight is 308 g/mol. The molecule has 0 aliphatic heterocycles. The fraction of sp³-hybridized carbons (Fsp3) is 0.357. The number of hydrogen-bond acceptors (Lipinski definition) is 4. The van der Waals surface area contributed by atoms with Crippen LogP contribution in [0.5, 0.6) is 0 Å². The van der Waals surface area contributed by atoms with E-state index in [0.717, 1.165) is 5.69 Å². The van der Waals surface area contributed by atoms with Gasteiger partial charge in [0.1, 0.15) is 4.90 Å². The van der Waals surface area contributed by atoms with Crippen molar-refractivity contribution in [1.29, 1.82) is 0 Å². The standard InChI is InChI=1S/C14H20N4O2S/c1-9(2)17-21(19,20)13-8-6-5-7-12(13)18-11(4)14(15)10(3)16-18/h5-9,17H,15H2,1-4H3. The largest absolute Gasteiger partial charge is 0.396 e. The monoisotopic (exact) mass is 308 g/mol. The van der Waals surface area contributed by atoms with Crippen molar-refractivity contribution in [3.05, 3.63) is 35.7 Å². The second-order valence-corrected chi connectivity index (χ2v) is 6.92. The summed E-state index contributed by atoms with van der Waals surface area (Å²) < 4.78 is 29.1. The summed E-state index contributed by atoms with van der Waals surface area (Å²) in [6.45, 7) is 7.17. The van der Waals surface area contributed by atoms with Gasteiger partial charge in [-0.05, 0) is 39.8 Å². The molecule has 1 aromatic heterocycles. The van der Waals surface area contributed by atoms with Crippen molar-refractivity contribution < 1.29 is 8.42 Å². The highest BCUT2D eigenvalue weighted by atomic mass is 32.2. The molecule has 0 fully saturated rings. The predicted octanol–water partition coefficient (Wildman–Crippen LogP) is 1.76. The molecule has 3 N–H and O–H groups in total. The summed E-state index contributed by atoms with van der Waals surface area (Å²) in [5.41, 5.74) is 8.39. The van der Waals surface area contributed by atoms with Crippen molar-refractivity contribution >= 4 is 15.7 Å². The van der Waals surface area contributed by atoms with Crippen LogP contribution in [0, 0.1) is 13.8 Å². The Bertz CT molecular complexity index is 763. The van der Waals surface area contributed by atoms with Crippen molar-refractivity contribution in [2.45, 2.75) is 38.6 Å². The van der Waals surface area contributed by atoms with Crippen LogP contribution < -0.4 is 10.5 Å². The van der Waals surface area contributed by atoms with Gasteiger partial charge in [-0.1, -0.05) is 12.1 Å². The lowest BCUT2D eigenvalue weighted by molar-refractivity contribution is 0.568. The molecule has 1 heterocycles. The lowest BCUT2D eigenvalue weighted by atomic mass is 10.3. The van der Waals surface area contributed by atoms with E-state index in [0.29, 0.717) is 17.1 Å². The van der Waals surface area contributed by atoms with Gasteiger partial charge in [0.25, 0.3) is 0 Å². The fourth-order valence-electron chi connectivity index (χ4n) is 2.12. The number of aromatic nitrogens is 2. The number of para-hydroxylation sites is 1. The van der Waals surface area contributed by atoms with E-state index >= 15 is 0 Å². The first-order valence-corrected chi connectivity index (χ1v) is 8.15. The van der Waals surface area contributed by atoms with Gasteiger partial charge in [-0.25, -0.2) is 17.8 Å². The number of hydrogen-bond donors (Lipinski definition) is 2. The molecule has 114 valence electrons. The Balaban J connectivity index is 2.64. The van der Waals surface area contributed by atoms with Crippen LogP contribution in [-0.4, -0.2) is 24.2 Å². The van der Waals surface area contributed by atoms with E-state index in [4.69, 9.17) is 5.73 Å². The van der Waals surface area contributed by atoms with E-state index in [-0.39, 0.29) is 10.9 Å². The van der Waals surface area contributed by atoms with Gasteiger partial charge >= 0.3 is 0 Å². The van der Waals surface area contributed by atoms with E-state index in [9.17, 15) is 8.42 Å². The number of anilines is 1. The van der Waals surface area contributed by atoms with Crippen LogP contribution in [0.4, 0.5) is 5.69 Å². The van der Waals surface area contributed by atoms with Gasteiger partial charge < -0.3 is 5.73 Å². The maximum Gasteiger partial charge on any atom is 0.242 e. The lowest BCUT2D eigenvalue weighted by Gasteiger charge is -2.14. The topological polar surface area (TPSA) is 90.0 Å². The summed E-state index contributed by atoms with van der Waals surface area (Å²) in [5.74, 6) is 0. The summed E-state index contributed by atoms with van der Waals surface area (Å²) in [5, 5.41) is 4.33. The molecule has 0 atom stereocenters. The maximum absolute atomic E-state index is 12.5. The molecule has 0 amide bonds. The Hall–Kier alpha value is -1.86. The van der Waals surface area contributed by atoms with E-state index in [1.807, 2.05) is 6.92 Å². The molecule has 2 aromatic rings. The van der Waals surface area contributed by atoms with Gasteiger partial charge in [0.15, 0.2) is 0 Å². The smallest absolute Gasteiger partial charge is 0.242 e. The molecule has 1 aromatic carbocycles. The number of nitrogen functional groups attached to an aromatic ring is 1. The molecular weight excluding hydrogens is 288 g/mol. The van der Waals surface area contributed by atoms with Gasteiger partial charge in [-0.2, -0.15) is 5.10 Å². The third-order valence-corrected chi connectivity index (χ3v) is 4.83. The molecule has 0 spiro atoms. The van der Waals surface area contributed by atoms with Crippen LogP contribution >= 0.6 is 0 Å². The Kier molecular flexibility index (Phi) is 4.06. The third kappa shape index (κ3) is 2.93. The van der Waals surface area contributed by atoms with Crippen molar-refractivity contribution in [2.24, 2.45) is 0 Å². The average Bonchev–Trinajstić information content (AvgIpc) is 2.65. The van der Waals surface area contributed by atoms with Crippen LogP contribution in [0.25, 0.3) is 5.69 Å². The van der Waals surface area contributed by atoms with Gasteiger partial charge in [-0.3, -0.25) is 0 Å². The van der Waals surface area contributed by atoms with Crippen molar-refractivity contribution in [3.8, 4) is 5.69 Å². The Morgan fingerprint density at radius 3 is 2.38 bits per heavy atom. The minimum absolute atomic E-state index is 0.185. The van der Waals surface area contributed by atoms with Crippen LogP contribution in [0.3, 0.4) is 0 Å². The second kappa shape index (κ2) is 5.50. The lowest BCUT2D eigenvalue weighted by Crippen LogP contribution is -2.31. The Morgan fingerprint density at radius 1 is 1.24 bits per heavy atom. The summed E-state index contributed by atoms with van der Waals surface area (Å²) >= 11 is 0. The summed E-state index contributed by atoms with van der Waals surface area (Å²) in [7, 11) is -3.61. The highest BCUT2D eigenvalue weighted by Gasteiger charge is 2.22. The molecule has 0 radical (unpaired) electrons. The minimum atomic E-state index is -3.61. The summed E-state index contributed by atoms with van der Waals surface area (Å²) in [6, 6.07) is 6.55. The molecule has 0 aliphatic carbocycles. The van der Waals surface area contributed by atoms with Crippen molar-refractivity contribution in [1.82, 2.24) is 14.5 Å². The molecular formula is C14H20N4O2S. The predicted molar refractivity (Wildman–Crippen MR) is 82.9 cm³/mol. The number of nitrogens with one attached hydrogen (secondary N) is 1. The zero-order valence-electron chi connectivity index (χ0n) is 12.6. The fourth-order valence-corrected chi connectivity index (χ4v) is 3.56. The van der Waals surface area contributed by atoms with E-state index in [1.165, 1.54) is 0 Å². The Labute approximate surface area is 125 Å². The second-order valence-electron chi connectivity index (χ2n) is 5.24. The van der Waals surface area contributed by atoms with Gasteiger partial charge in [0, 0.05) is 6.04 Å². The quantitative estimate of drug-likeness (QED) is 0.900. The molecule has 0 bridgehead atoms. The third-order valence-electron chi connectivity index (χ3n) is 3.12. The Morgan fingerprint density at radius 2 is 1.86 bits per heavy atom. The number of rotatable bonds is 4. The number of sulfonamides is 1. The molecule has 7 heteroatoms. The number of nitrogens with two attached hydrogens (primary N) is 1. The van der Waals surface area contributed by atoms with Crippen molar-refractivity contribution in [3.63, 3.8) is 0 Å². The number of benzene rings is 1. The first-order chi connectivity index (χ1) is 9.74. The summed E-state index contributed by atoms with van der Waals surface area (Å²) in [6.07, 6.45) is 0. The normalized spacial score (nSPS) is 12.0. The number of nitrogens with zero attached hydrogens (tertiary/aromatic N) is 2. The molecule has 0 aliphatic rings. The van der Waals surface area contributed by atoms with Crippen LogP contribution in [-0.2, 0) is 10.0 Å². The molecule has 0 saturated carbocycles. The van der Waals surface area contributed by atoms with Gasteiger partial charge in [0.05, 0.1) is 22.8 Å². The molecule has 2 rings (SSSR count). The van der Waals surface area contributed by atoms with E-state index in [2.05, 4.69) is 9.82 Å². The van der Waals surface area contributed by atoms with Gasteiger partial charge in [0.2, 0.25) is 10.0 Å². The SMILES string of the molecule is Cc1nn(-c2ccccc2S(=O)(=O)NC(C)C)c(C)c1N. The van der Waals surface area contributed by atoms with Crippen LogP contribution in [0.15, 0.2) is 29.2 Å². The molecule has 0 unspecified atom stereocenters. The molecule has 21 heavy (non-hydrogen) atoms. The zero-order chi connectivity index (χ0) is 15.8. The first kappa shape index (κ1) is 15.5. The van der Waals surface area contributed by atoms with Gasteiger partial charge in [-0.15, -0.1) is 0 Å². The van der Waals surface area contributed by atoms with Crippen molar-refractivity contribution in [2.75, 3.05) is 5.73 Å². The summed E-state index contributed by atoms with van der Waals surface area (Å²) in [4.78, 5) is 0.185. The van der Waals surface area contributed by atoms with Crippen LogP contribution in [0.1, 0.15) is 25.2 Å². The van der Waals surface area contributed by atoms with E-state index in [1.54, 1.807) is 49.7 Å². The van der Waals surface area contributed by atoms with Crippen LogP contribution in [0.2, 0.25) is 0 Å².